The molecule has 2 heterocycles. The number of hydrogen-bond donors (Lipinski definition) is 16. The molecule has 0 bridgehead atoms. The molecule has 0 aromatic heterocycles. The monoisotopic (exact) mass is 1330 g/mol. The minimum absolute atomic E-state index is 0.0304. The summed E-state index contributed by atoms with van der Waals surface area (Å²) in [6.07, 6.45) is -20.5. The Morgan fingerprint density at radius 3 is 1.71 bits per heavy atom. The summed E-state index contributed by atoms with van der Waals surface area (Å²) >= 11 is 0.745. The smallest absolute Gasteiger partial charge is 0.304 e. The molecule has 0 aromatic rings. The highest BCUT2D eigenvalue weighted by Gasteiger charge is 2.52. The summed E-state index contributed by atoms with van der Waals surface area (Å²) in [5, 5.41) is 97.5. The Morgan fingerprint density at radius 1 is 0.620 bits per heavy atom. The number of nitrogens with one attached hydrogen (secondary N) is 6. The van der Waals surface area contributed by atoms with Crippen molar-refractivity contribution in [2.24, 2.45) is 52.0 Å². The second-order valence-electron chi connectivity index (χ2n) is 23.5. The number of carboxylic acid groups (broad SMARTS) is 2. The topological polar surface area (TPSA) is 548 Å². The van der Waals surface area contributed by atoms with Crippen LogP contribution in [0.2, 0.25) is 0 Å². The number of ketones is 4. The number of carbonyl (C=O) groups excluding carboxylic acids is 11. The highest BCUT2D eigenvalue weighted by Crippen LogP contribution is 2.31. The van der Waals surface area contributed by atoms with Gasteiger partial charge in [-0.2, -0.15) is 0 Å². The molecule has 2 aliphatic heterocycles. The van der Waals surface area contributed by atoms with Crippen LogP contribution >= 0.6 is 11.8 Å². The van der Waals surface area contributed by atoms with E-state index in [1.165, 1.54) is 20.8 Å². The Bertz CT molecular complexity index is 2590. The first kappa shape index (κ1) is 81.5. The van der Waals surface area contributed by atoms with Gasteiger partial charge in [0.05, 0.1) is 43.7 Å². The Morgan fingerprint density at radius 2 is 1.18 bits per heavy atom. The molecule has 0 aliphatic carbocycles. The van der Waals surface area contributed by atoms with Crippen LogP contribution in [0.4, 0.5) is 0 Å². The van der Waals surface area contributed by atoms with E-state index in [2.05, 4.69) is 36.9 Å². The van der Waals surface area contributed by atoms with Gasteiger partial charge in [-0.1, -0.05) is 52.8 Å². The molecule has 34 heteroatoms. The van der Waals surface area contributed by atoms with Gasteiger partial charge in [-0.3, -0.25) is 62.5 Å². The predicted molar refractivity (Wildman–Crippen MR) is 324 cm³/mol. The molecule has 0 radical (unpaired) electrons. The normalized spacial score (nSPS) is 24.3. The summed E-state index contributed by atoms with van der Waals surface area (Å²) in [5.41, 5.74) is 11.0. The van der Waals surface area contributed by atoms with Crippen LogP contribution in [0.5, 0.6) is 0 Å². The maximum atomic E-state index is 14.5. The molecule has 522 valence electrons. The molecule has 0 spiro atoms. The lowest BCUT2D eigenvalue weighted by Crippen LogP contribution is -2.71. The second-order valence-corrected chi connectivity index (χ2v) is 24.8. The zero-order valence-corrected chi connectivity index (χ0v) is 54.1. The van der Waals surface area contributed by atoms with E-state index in [1.807, 2.05) is 0 Å². The van der Waals surface area contributed by atoms with Crippen molar-refractivity contribution in [3.63, 3.8) is 0 Å². The van der Waals surface area contributed by atoms with Crippen molar-refractivity contribution in [1.82, 2.24) is 31.9 Å². The Balaban J connectivity index is 2.49. The molecular weight excluding hydrogens is 1240 g/mol. The standard InChI is InChI=1S/C58H95N9O24S/c1-10-26(5)34(17-27(6)70)54(87)67-45(28(7)71)39(76)18-31(21-44(80)81)52(85)64-36(14-15-43(78)79)38(75)22-33(25(3)4)53(86)65-35(13-12-16-61-58(59)60)37(74)19-32(56(88)92-11-2)20-42(77)66-55-46(62-29(8)72)50(84)51(41(24-69)89-55)91-57-47(63-30(9)73)49(83)48(82)40(23-68)90-57/h25-26,28,31-36,40-41,45-51,55,57,68-69,71,82-84H,10-24H2,1-9H3,(H,62,72)(H,63,73)(H,64,85)(H,65,86)(H,66,77)(H,67,87)(H,78,79)(H,80,81)(H4,59,60,61)/t26?,28?,31-,32-,33-,34-,35-,36-,40?,41?,45-,46?,47?,48+,49+,50+,51+,55+,57-/m0/s1. The van der Waals surface area contributed by atoms with Gasteiger partial charge in [-0.05, 0) is 50.7 Å². The Hall–Kier alpha value is -6.63. The van der Waals surface area contributed by atoms with Crippen LogP contribution in [-0.4, -0.2) is 233 Å². The van der Waals surface area contributed by atoms with E-state index in [0.717, 1.165) is 32.5 Å². The van der Waals surface area contributed by atoms with E-state index >= 15 is 0 Å². The number of nitrogens with zero attached hydrogens (tertiary/aromatic N) is 1. The van der Waals surface area contributed by atoms with Crippen molar-refractivity contribution in [2.45, 2.75) is 218 Å². The van der Waals surface area contributed by atoms with Crippen molar-refractivity contribution in [2.75, 3.05) is 25.5 Å². The van der Waals surface area contributed by atoms with Crippen molar-refractivity contribution >= 4 is 93.4 Å². The molecule has 2 rings (SSSR count). The number of ether oxygens (including phenoxy) is 3. The van der Waals surface area contributed by atoms with E-state index in [0.29, 0.717) is 6.42 Å². The molecule has 0 saturated carbocycles. The third kappa shape index (κ3) is 26.4. The summed E-state index contributed by atoms with van der Waals surface area (Å²) in [4.78, 5) is 177. The van der Waals surface area contributed by atoms with Gasteiger partial charge in [0.1, 0.15) is 60.5 Å². The number of aliphatic carboxylic acids is 2. The molecule has 6 unspecified atom stereocenters. The van der Waals surface area contributed by atoms with Crippen molar-refractivity contribution < 1.29 is 117 Å². The number of nitrogens with two attached hydrogens (primary N) is 2. The summed E-state index contributed by atoms with van der Waals surface area (Å²) in [6, 6.07) is -8.00. The lowest BCUT2D eigenvalue weighted by molar-refractivity contribution is -0.315. The molecule has 2 fully saturated rings. The number of hydrogen-bond acceptors (Lipinski definition) is 24. The van der Waals surface area contributed by atoms with E-state index in [9.17, 15) is 103 Å². The fourth-order valence-electron chi connectivity index (χ4n) is 10.5. The van der Waals surface area contributed by atoms with Crippen LogP contribution in [-0.2, 0) is 76.5 Å². The van der Waals surface area contributed by atoms with Gasteiger partial charge in [-0.15, -0.1) is 0 Å². The number of aliphatic hydroxyl groups is 6. The lowest BCUT2D eigenvalue weighted by Gasteiger charge is -2.48. The maximum absolute atomic E-state index is 14.5. The molecule has 33 nitrogen and oxygen atoms in total. The number of aliphatic imine (C=N–C) groups is 1. The largest absolute Gasteiger partial charge is 0.481 e. The number of amides is 6. The molecule has 0 aromatic carbocycles. The molecule has 19 atom stereocenters. The summed E-state index contributed by atoms with van der Waals surface area (Å²) < 4.78 is 17.5. The highest BCUT2D eigenvalue weighted by molar-refractivity contribution is 8.13. The lowest BCUT2D eigenvalue weighted by atomic mass is 9.85. The average molecular weight is 1330 g/mol. The van der Waals surface area contributed by atoms with Crippen LogP contribution in [0.25, 0.3) is 0 Å². The van der Waals surface area contributed by atoms with Crippen LogP contribution in [0.3, 0.4) is 0 Å². The third-order valence-corrected chi connectivity index (χ3v) is 16.6. The van der Waals surface area contributed by atoms with Gasteiger partial charge in [0, 0.05) is 76.7 Å². The van der Waals surface area contributed by atoms with E-state index in [-0.39, 0.29) is 49.2 Å². The van der Waals surface area contributed by atoms with Gasteiger partial charge in [-0.25, -0.2) is 0 Å². The number of carboxylic acids is 2. The van der Waals surface area contributed by atoms with Crippen LogP contribution in [0.1, 0.15) is 133 Å². The molecule has 2 saturated heterocycles. The van der Waals surface area contributed by atoms with E-state index in [4.69, 9.17) is 25.7 Å². The van der Waals surface area contributed by atoms with E-state index in [1.54, 1.807) is 20.8 Å². The third-order valence-electron chi connectivity index (χ3n) is 15.7. The predicted octanol–water partition coefficient (Wildman–Crippen LogP) is -4.06. The number of Topliss-reactive ketones (excluding diaryl/α,β-unsaturated/α-hetero) is 4. The van der Waals surface area contributed by atoms with Crippen LogP contribution in [0.15, 0.2) is 4.99 Å². The number of guanidine groups is 1. The minimum atomic E-state index is -1.91. The average Bonchev–Trinajstić information content (AvgIpc) is 0.786. The second kappa shape index (κ2) is 39.8. The SMILES string of the molecule is CCSC(=O)[C@H](CC(=O)N[C@@H]1OC(CO)[C@@H](O[C@@H]2OC(CO)[C@@H](O)[C@H](O)C2NC(C)=O)[C@H](O)C1NC(C)=O)CC(=O)[C@H](CCCN=C(N)N)NC(=O)[C@@H](CC(=O)[C@H](CCC(=O)O)NC(=O)[C@H](CC(=O)O)CC(=O)[C@@H](NC(=O)[C@@H](CC(C)=O)C(C)CC)C(C)O)C(C)C. The fourth-order valence-corrected chi connectivity index (χ4v) is 11.2. The van der Waals surface area contributed by atoms with E-state index < -0.39 is 243 Å². The highest BCUT2D eigenvalue weighted by atomic mass is 32.2. The number of rotatable bonds is 41. The van der Waals surface area contributed by atoms with Crippen molar-refractivity contribution in [3.05, 3.63) is 0 Å². The molecule has 92 heavy (non-hydrogen) atoms. The Kier molecular flexibility index (Phi) is 35.2. The summed E-state index contributed by atoms with van der Waals surface area (Å²) in [7, 11) is 0. The molecule has 2 aliphatic rings. The first-order valence-electron chi connectivity index (χ1n) is 30.4. The molecule has 6 amide bonds. The van der Waals surface area contributed by atoms with Crippen molar-refractivity contribution in [3.8, 4) is 0 Å². The van der Waals surface area contributed by atoms with Crippen LogP contribution < -0.4 is 43.4 Å². The maximum Gasteiger partial charge on any atom is 0.304 e. The molecular formula is C58H95N9O24S. The Labute approximate surface area is 536 Å². The zero-order valence-electron chi connectivity index (χ0n) is 53.3. The van der Waals surface area contributed by atoms with Crippen molar-refractivity contribution in [1.29, 1.82) is 0 Å². The number of aliphatic hydroxyl groups excluding tert-OH is 6. The quantitative estimate of drug-likeness (QED) is 0.0157. The van der Waals surface area contributed by atoms with Gasteiger partial charge in [0.25, 0.3) is 0 Å². The van der Waals surface area contributed by atoms with Gasteiger partial charge >= 0.3 is 11.9 Å². The number of thioether (sulfide) groups is 1. The first-order valence-corrected chi connectivity index (χ1v) is 31.4. The summed E-state index contributed by atoms with van der Waals surface area (Å²) in [5.74, 6) is -18.1. The van der Waals surface area contributed by atoms with Crippen LogP contribution in [0, 0.1) is 35.5 Å². The van der Waals surface area contributed by atoms with Gasteiger partial charge in [0.2, 0.25) is 35.4 Å². The van der Waals surface area contributed by atoms with Gasteiger partial charge < -0.3 is 103 Å². The summed E-state index contributed by atoms with van der Waals surface area (Å²) in [6.45, 7) is 10.9. The van der Waals surface area contributed by atoms with Gasteiger partial charge in [0.15, 0.2) is 40.9 Å². The molecule has 18 N–H and O–H groups in total. The fraction of sp³-hybridized carbons (Fsp3) is 0.759. The minimum Gasteiger partial charge on any atom is -0.481 e. The zero-order chi connectivity index (χ0) is 70.0. The number of carbonyl (C=O) groups is 13. The first-order chi connectivity index (χ1) is 43.0.